The van der Waals surface area contributed by atoms with Crippen LogP contribution >= 0.6 is 11.3 Å². The van der Waals surface area contributed by atoms with Crippen molar-refractivity contribution in [3.05, 3.63) is 30.0 Å². The zero-order valence-corrected chi connectivity index (χ0v) is 15.1. The van der Waals surface area contributed by atoms with Crippen LogP contribution in [0, 0.1) is 0 Å². The third-order valence-electron chi connectivity index (χ3n) is 3.00. The molecule has 2 aromatic rings. The highest BCUT2D eigenvalue weighted by atomic mass is 32.1. The summed E-state index contributed by atoms with van der Waals surface area (Å²) >= 11 is 1.38. The van der Waals surface area contributed by atoms with Gasteiger partial charge in [0.1, 0.15) is 5.75 Å². The quantitative estimate of drug-likeness (QED) is 0.333. The molecule has 0 radical (unpaired) electrons. The number of benzene rings is 1. The lowest BCUT2D eigenvalue weighted by atomic mass is 10.3. The van der Waals surface area contributed by atoms with Crippen molar-refractivity contribution in [2.24, 2.45) is 0 Å². The predicted molar refractivity (Wildman–Crippen MR) is 95.8 cm³/mol. The molecule has 8 heteroatoms. The van der Waals surface area contributed by atoms with Crippen molar-refractivity contribution in [3.63, 3.8) is 0 Å². The van der Waals surface area contributed by atoms with Gasteiger partial charge in [-0.2, -0.15) is 0 Å². The van der Waals surface area contributed by atoms with E-state index in [9.17, 15) is 9.59 Å². The summed E-state index contributed by atoms with van der Waals surface area (Å²) < 4.78 is 16.1. The van der Waals surface area contributed by atoms with E-state index in [-0.39, 0.29) is 18.8 Å². The summed E-state index contributed by atoms with van der Waals surface area (Å²) in [4.78, 5) is 28.2. The fourth-order valence-corrected chi connectivity index (χ4v) is 2.84. The van der Waals surface area contributed by atoms with Gasteiger partial charge >= 0.3 is 11.9 Å². The monoisotopic (exact) mass is 364 g/mol. The Bertz CT molecular complexity index is 764. The lowest BCUT2D eigenvalue weighted by Gasteiger charge is -2.06. The van der Waals surface area contributed by atoms with Crippen molar-refractivity contribution in [2.45, 2.75) is 20.8 Å². The molecule has 0 aliphatic rings. The Hall–Kier alpha value is -2.61. The van der Waals surface area contributed by atoms with Gasteiger partial charge in [0, 0.05) is 6.20 Å². The van der Waals surface area contributed by atoms with Crippen LogP contribution < -0.4 is 10.1 Å². The van der Waals surface area contributed by atoms with E-state index in [2.05, 4.69) is 10.3 Å². The first-order chi connectivity index (χ1) is 12.1. The first kappa shape index (κ1) is 18.7. The number of carbonyl (C=O) groups is 2. The second kappa shape index (κ2) is 9.03. The number of hydrogen-bond acceptors (Lipinski definition) is 8. The Morgan fingerprint density at radius 3 is 2.40 bits per heavy atom. The molecule has 0 atom stereocenters. The van der Waals surface area contributed by atoms with Crippen LogP contribution in [0.3, 0.4) is 0 Å². The summed E-state index contributed by atoms with van der Waals surface area (Å²) in [7, 11) is 0. The number of fused-ring (bicyclic) bond motifs is 1. The maximum Gasteiger partial charge on any atom is 0.347 e. The lowest BCUT2D eigenvalue weighted by Crippen LogP contribution is -2.19. The van der Waals surface area contributed by atoms with E-state index in [4.69, 9.17) is 14.2 Å². The lowest BCUT2D eigenvalue weighted by molar-refractivity contribution is -0.146. The van der Waals surface area contributed by atoms with E-state index in [0.29, 0.717) is 11.7 Å². The Morgan fingerprint density at radius 1 is 1.12 bits per heavy atom. The zero-order valence-electron chi connectivity index (χ0n) is 14.3. The first-order valence-corrected chi connectivity index (χ1v) is 8.75. The molecule has 0 aliphatic heterocycles. The highest BCUT2D eigenvalue weighted by Crippen LogP contribution is 2.29. The van der Waals surface area contributed by atoms with Crippen LogP contribution in [-0.2, 0) is 19.1 Å². The van der Waals surface area contributed by atoms with Crippen LogP contribution in [0.4, 0.5) is 5.13 Å². The van der Waals surface area contributed by atoms with Gasteiger partial charge in [0.05, 0.1) is 30.0 Å². The predicted octanol–water partition coefficient (Wildman–Crippen LogP) is 3.12. The highest BCUT2D eigenvalue weighted by molar-refractivity contribution is 7.22. The van der Waals surface area contributed by atoms with Crippen LogP contribution in [0.25, 0.3) is 10.2 Å². The Morgan fingerprint density at radius 2 is 1.80 bits per heavy atom. The molecule has 1 heterocycles. The standard InChI is InChI=1S/C17H20N2O5S/c1-4-22-11-7-8-13-14(9-11)25-17(19-13)18-10-12(15(20)23-5-2)16(21)24-6-3/h7-10H,4-6H2,1-3H3,(H,18,19). The molecule has 0 aliphatic carbocycles. The van der Waals surface area contributed by atoms with Gasteiger partial charge in [-0.3, -0.25) is 0 Å². The normalized spacial score (nSPS) is 10.2. The summed E-state index contributed by atoms with van der Waals surface area (Å²) in [5.41, 5.74) is 0.580. The second-order valence-electron chi connectivity index (χ2n) is 4.72. The van der Waals surface area contributed by atoms with Crippen molar-refractivity contribution in [1.29, 1.82) is 0 Å². The smallest absolute Gasteiger partial charge is 0.347 e. The summed E-state index contributed by atoms with van der Waals surface area (Å²) in [6, 6.07) is 5.58. The van der Waals surface area contributed by atoms with Gasteiger partial charge in [-0.05, 0) is 39.0 Å². The van der Waals surface area contributed by atoms with E-state index in [1.165, 1.54) is 17.5 Å². The number of carbonyl (C=O) groups excluding carboxylic acids is 2. The molecule has 7 nitrogen and oxygen atoms in total. The van der Waals surface area contributed by atoms with Gasteiger partial charge in [0.2, 0.25) is 0 Å². The van der Waals surface area contributed by atoms with Crippen molar-refractivity contribution >= 4 is 38.6 Å². The maximum absolute atomic E-state index is 11.9. The van der Waals surface area contributed by atoms with Gasteiger partial charge in [-0.25, -0.2) is 14.6 Å². The molecule has 1 aromatic carbocycles. The van der Waals surface area contributed by atoms with Gasteiger partial charge in [-0.15, -0.1) is 0 Å². The van der Waals surface area contributed by atoms with E-state index in [0.717, 1.165) is 16.0 Å². The van der Waals surface area contributed by atoms with Gasteiger partial charge < -0.3 is 19.5 Å². The number of thiazole rings is 1. The summed E-state index contributed by atoms with van der Waals surface area (Å²) in [6.45, 7) is 6.16. The minimum Gasteiger partial charge on any atom is -0.494 e. The van der Waals surface area contributed by atoms with E-state index >= 15 is 0 Å². The second-order valence-corrected chi connectivity index (χ2v) is 5.76. The van der Waals surface area contributed by atoms with Gasteiger partial charge in [0.15, 0.2) is 10.7 Å². The molecule has 0 bridgehead atoms. The molecular formula is C17H20N2O5S. The molecule has 2 rings (SSSR count). The summed E-state index contributed by atoms with van der Waals surface area (Å²) in [6.07, 6.45) is 1.26. The summed E-state index contributed by atoms with van der Waals surface area (Å²) in [5, 5.41) is 3.40. The average Bonchev–Trinajstić information content (AvgIpc) is 2.98. The summed E-state index contributed by atoms with van der Waals surface area (Å²) in [5.74, 6) is -0.721. The number of aromatic nitrogens is 1. The molecule has 0 saturated heterocycles. The topological polar surface area (TPSA) is 86.8 Å². The molecule has 1 aromatic heterocycles. The fraction of sp³-hybridized carbons (Fsp3) is 0.353. The molecule has 1 N–H and O–H groups in total. The largest absolute Gasteiger partial charge is 0.494 e. The molecule has 0 amide bonds. The Labute approximate surface area is 149 Å². The minimum atomic E-state index is -0.742. The average molecular weight is 364 g/mol. The van der Waals surface area contributed by atoms with Crippen LogP contribution in [0.5, 0.6) is 5.75 Å². The van der Waals surface area contributed by atoms with Crippen molar-refractivity contribution in [2.75, 3.05) is 25.1 Å². The zero-order chi connectivity index (χ0) is 18.2. The number of rotatable bonds is 8. The Kier molecular flexibility index (Phi) is 6.76. The fourth-order valence-electron chi connectivity index (χ4n) is 1.98. The maximum atomic E-state index is 11.9. The molecule has 134 valence electrons. The van der Waals surface area contributed by atoms with E-state index in [1.54, 1.807) is 13.8 Å². The highest BCUT2D eigenvalue weighted by Gasteiger charge is 2.21. The van der Waals surface area contributed by atoms with E-state index < -0.39 is 11.9 Å². The molecule has 0 saturated carbocycles. The van der Waals surface area contributed by atoms with Crippen molar-refractivity contribution < 1.29 is 23.8 Å². The number of anilines is 1. The number of hydrogen-bond donors (Lipinski definition) is 1. The molecule has 0 spiro atoms. The SMILES string of the molecule is CCOC(=O)C(=CNc1nc2ccc(OCC)cc2s1)C(=O)OCC. The van der Waals surface area contributed by atoms with Crippen LogP contribution in [0.1, 0.15) is 20.8 Å². The third kappa shape index (κ3) is 4.93. The molecule has 25 heavy (non-hydrogen) atoms. The van der Waals surface area contributed by atoms with Crippen LogP contribution in [0.2, 0.25) is 0 Å². The minimum absolute atomic E-state index is 0.164. The van der Waals surface area contributed by atoms with Crippen molar-refractivity contribution in [1.82, 2.24) is 4.98 Å². The van der Waals surface area contributed by atoms with Crippen LogP contribution in [0.15, 0.2) is 30.0 Å². The number of nitrogens with one attached hydrogen (secondary N) is 1. The molecule has 0 unspecified atom stereocenters. The van der Waals surface area contributed by atoms with Crippen molar-refractivity contribution in [3.8, 4) is 5.75 Å². The molecule has 0 fully saturated rings. The Balaban J connectivity index is 2.22. The van der Waals surface area contributed by atoms with E-state index in [1.807, 2.05) is 25.1 Å². The number of esters is 2. The molecular weight excluding hydrogens is 344 g/mol. The third-order valence-corrected chi connectivity index (χ3v) is 3.95. The first-order valence-electron chi connectivity index (χ1n) is 7.93. The van der Waals surface area contributed by atoms with Gasteiger partial charge in [-0.1, -0.05) is 11.3 Å². The number of ether oxygens (including phenoxy) is 3. The number of nitrogens with zero attached hydrogens (tertiary/aromatic N) is 1. The van der Waals surface area contributed by atoms with Gasteiger partial charge in [0.25, 0.3) is 0 Å². The van der Waals surface area contributed by atoms with Crippen LogP contribution in [-0.4, -0.2) is 36.7 Å².